The fourth-order valence-corrected chi connectivity index (χ4v) is 4.97. The van der Waals surface area contributed by atoms with Crippen LogP contribution in [0.5, 0.6) is 0 Å². The van der Waals surface area contributed by atoms with Crippen LogP contribution in [0.15, 0.2) is 23.2 Å². The average molecular weight is 425 g/mol. The summed E-state index contributed by atoms with van der Waals surface area (Å²) in [6.45, 7) is 7.77. The summed E-state index contributed by atoms with van der Waals surface area (Å²) in [4.78, 5) is 27.6. The number of ether oxygens (including phenoxy) is 2. The predicted molar refractivity (Wildman–Crippen MR) is 108 cm³/mol. The highest BCUT2D eigenvalue weighted by Crippen LogP contribution is 2.49. The number of halogens is 1. The summed E-state index contributed by atoms with van der Waals surface area (Å²) in [5, 5.41) is 14.1. The summed E-state index contributed by atoms with van der Waals surface area (Å²) < 4.78 is 25.8. The first kappa shape index (κ1) is 21.5. The molecular formula is C19H24FN3O5S. The molecule has 2 aliphatic heterocycles. The fourth-order valence-electron chi connectivity index (χ4n) is 3.73. The predicted octanol–water partition coefficient (Wildman–Crippen LogP) is 3.98. The SMILES string of the molecule is C[C@H]1SC(NC(=O)OC(C)(C)C)=N[C@@]2(c3cc([N+](=O)[O-])ccc3F)COCC[C@@H]12. The Morgan fingerprint density at radius 2 is 2.21 bits per heavy atom. The lowest BCUT2D eigenvalue weighted by molar-refractivity contribution is -0.385. The minimum absolute atomic E-state index is 0.0278. The number of nitro benzene ring substituents is 1. The van der Waals surface area contributed by atoms with Crippen molar-refractivity contribution in [1.29, 1.82) is 0 Å². The van der Waals surface area contributed by atoms with Crippen LogP contribution in [0, 0.1) is 21.8 Å². The molecule has 0 aromatic heterocycles. The van der Waals surface area contributed by atoms with Gasteiger partial charge < -0.3 is 9.47 Å². The van der Waals surface area contributed by atoms with Gasteiger partial charge in [0.15, 0.2) is 5.17 Å². The van der Waals surface area contributed by atoms with E-state index in [2.05, 4.69) is 10.3 Å². The molecule has 1 N–H and O–H groups in total. The number of aliphatic imine (C=N–C) groups is 1. The molecule has 29 heavy (non-hydrogen) atoms. The topological polar surface area (TPSA) is 103 Å². The van der Waals surface area contributed by atoms with Crippen molar-refractivity contribution in [3.8, 4) is 0 Å². The number of amidine groups is 1. The van der Waals surface area contributed by atoms with E-state index in [1.165, 1.54) is 17.8 Å². The van der Waals surface area contributed by atoms with Gasteiger partial charge in [0.25, 0.3) is 5.69 Å². The zero-order valence-electron chi connectivity index (χ0n) is 16.7. The van der Waals surface area contributed by atoms with Crippen LogP contribution in [0.4, 0.5) is 14.9 Å². The van der Waals surface area contributed by atoms with E-state index in [4.69, 9.17) is 9.47 Å². The van der Waals surface area contributed by atoms with Crippen LogP contribution in [-0.4, -0.2) is 40.2 Å². The van der Waals surface area contributed by atoms with Crippen LogP contribution in [-0.2, 0) is 15.0 Å². The summed E-state index contributed by atoms with van der Waals surface area (Å²) in [6, 6.07) is 3.42. The Morgan fingerprint density at radius 3 is 2.86 bits per heavy atom. The highest BCUT2D eigenvalue weighted by molar-refractivity contribution is 8.14. The number of amides is 1. The van der Waals surface area contributed by atoms with Gasteiger partial charge in [0.05, 0.1) is 11.5 Å². The molecule has 0 saturated carbocycles. The fraction of sp³-hybridized carbons (Fsp3) is 0.579. The third-order valence-corrected chi connectivity index (χ3v) is 6.03. The monoisotopic (exact) mass is 425 g/mol. The van der Waals surface area contributed by atoms with E-state index in [0.717, 1.165) is 12.1 Å². The van der Waals surface area contributed by atoms with Gasteiger partial charge in [0.2, 0.25) is 0 Å². The molecule has 158 valence electrons. The normalized spacial score (nSPS) is 26.9. The molecule has 1 fully saturated rings. The molecule has 2 aliphatic rings. The second-order valence-electron chi connectivity index (χ2n) is 8.16. The number of fused-ring (bicyclic) bond motifs is 1. The lowest BCUT2D eigenvalue weighted by Gasteiger charge is -2.46. The number of thioether (sulfide) groups is 1. The molecule has 0 unspecified atom stereocenters. The van der Waals surface area contributed by atoms with Crippen molar-refractivity contribution >= 4 is 28.7 Å². The minimum Gasteiger partial charge on any atom is -0.444 e. The number of hydrogen-bond donors (Lipinski definition) is 1. The number of nitrogens with one attached hydrogen (secondary N) is 1. The molecule has 8 nitrogen and oxygen atoms in total. The number of rotatable bonds is 2. The third kappa shape index (κ3) is 4.53. The molecule has 3 rings (SSSR count). The molecule has 10 heteroatoms. The number of non-ortho nitro benzene ring substituents is 1. The zero-order valence-corrected chi connectivity index (χ0v) is 17.5. The van der Waals surface area contributed by atoms with Gasteiger partial charge in [-0.15, -0.1) is 0 Å². The van der Waals surface area contributed by atoms with E-state index < -0.39 is 28.0 Å². The maximum Gasteiger partial charge on any atom is 0.413 e. The highest BCUT2D eigenvalue weighted by Gasteiger charge is 2.51. The van der Waals surface area contributed by atoms with E-state index in [9.17, 15) is 19.3 Å². The van der Waals surface area contributed by atoms with Crippen molar-refractivity contribution < 1.29 is 23.6 Å². The van der Waals surface area contributed by atoms with Gasteiger partial charge in [-0.25, -0.2) is 14.2 Å². The molecular weight excluding hydrogens is 401 g/mol. The van der Waals surface area contributed by atoms with Crippen molar-refractivity contribution in [2.45, 2.75) is 50.5 Å². The van der Waals surface area contributed by atoms with Crippen LogP contribution >= 0.6 is 11.8 Å². The van der Waals surface area contributed by atoms with Gasteiger partial charge >= 0.3 is 6.09 Å². The number of nitrogens with zero attached hydrogens (tertiary/aromatic N) is 2. The van der Waals surface area contributed by atoms with E-state index in [-0.39, 0.29) is 34.2 Å². The zero-order chi connectivity index (χ0) is 21.4. The van der Waals surface area contributed by atoms with E-state index in [1.807, 2.05) is 6.92 Å². The number of hydrogen-bond acceptors (Lipinski definition) is 7. The summed E-state index contributed by atoms with van der Waals surface area (Å²) >= 11 is 1.36. The molecule has 0 bridgehead atoms. The minimum atomic E-state index is -1.16. The van der Waals surface area contributed by atoms with Gasteiger partial charge in [0, 0.05) is 35.5 Å². The van der Waals surface area contributed by atoms with Gasteiger partial charge in [-0.3, -0.25) is 15.4 Å². The van der Waals surface area contributed by atoms with Gasteiger partial charge in [-0.2, -0.15) is 0 Å². The summed E-state index contributed by atoms with van der Waals surface area (Å²) in [5.74, 6) is -0.701. The molecule has 0 spiro atoms. The van der Waals surface area contributed by atoms with Crippen LogP contribution in [0.3, 0.4) is 0 Å². The van der Waals surface area contributed by atoms with Crippen molar-refractivity contribution in [2.24, 2.45) is 10.9 Å². The summed E-state index contributed by atoms with van der Waals surface area (Å²) in [6.07, 6.45) is -0.0414. The van der Waals surface area contributed by atoms with Crippen LogP contribution in [0.25, 0.3) is 0 Å². The number of alkyl carbamates (subject to hydrolysis) is 1. The smallest absolute Gasteiger partial charge is 0.413 e. The van der Waals surface area contributed by atoms with E-state index in [1.54, 1.807) is 20.8 Å². The Hall–Kier alpha value is -2.20. The van der Waals surface area contributed by atoms with Crippen molar-refractivity contribution in [3.05, 3.63) is 39.7 Å². The highest BCUT2D eigenvalue weighted by atomic mass is 32.2. The van der Waals surface area contributed by atoms with Gasteiger partial charge in [-0.1, -0.05) is 18.7 Å². The molecule has 1 aromatic rings. The lowest BCUT2D eigenvalue weighted by atomic mass is 9.74. The molecule has 1 aromatic carbocycles. The molecule has 0 aliphatic carbocycles. The number of nitro groups is 1. The third-order valence-electron chi connectivity index (χ3n) is 4.91. The Morgan fingerprint density at radius 1 is 1.48 bits per heavy atom. The van der Waals surface area contributed by atoms with Crippen LogP contribution in [0.2, 0.25) is 0 Å². The Bertz CT molecular complexity index is 857. The number of carbonyl (C=O) groups excluding carboxylic acids is 1. The second-order valence-corrected chi connectivity index (χ2v) is 9.53. The standard InChI is InChI=1S/C19H24FN3O5S/c1-11-13-7-8-27-10-19(13,14-9-12(23(25)26)5-6-15(14)20)22-16(29-11)21-17(24)28-18(2,3)4/h5-6,9,11,13H,7-8,10H2,1-4H3,(H,21,22,24)/t11-,13+,19+/m1/s1. The van der Waals surface area contributed by atoms with Crippen molar-refractivity contribution in [3.63, 3.8) is 0 Å². The largest absolute Gasteiger partial charge is 0.444 e. The van der Waals surface area contributed by atoms with E-state index >= 15 is 0 Å². The molecule has 1 amide bonds. The van der Waals surface area contributed by atoms with Crippen LogP contribution < -0.4 is 5.32 Å². The number of benzene rings is 1. The van der Waals surface area contributed by atoms with Crippen LogP contribution in [0.1, 0.15) is 39.7 Å². The van der Waals surface area contributed by atoms with Gasteiger partial charge in [-0.05, 0) is 33.3 Å². The van der Waals surface area contributed by atoms with Gasteiger partial charge in [0.1, 0.15) is 17.0 Å². The first-order chi connectivity index (χ1) is 13.5. The first-order valence-corrected chi connectivity index (χ1v) is 10.2. The molecule has 0 radical (unpaired) electrons. The Balaban J connectivity index is 2.05. The molecule has 2 heterocycles. The quantitative estimate of drug-likeness (QED) is 0.568. The number of carbonyl (C=O) groups is 1. The molecule has 3 atom stereocenters. The Labute approximate surface area is 172 Å². The molecule has 1 saturated heterocycles. The van der Waals surface area contributed by atoms with Crippen molar-refractivity contribution in [2.75, 3.05) is 13.2 Å². The van der Waals surface area contributed by atoms with E-state index in [0.29, 0.717) is 13.0 Å². The summed E-state index contributed by atoms with van der Waals surface area (Å²) in [7, 11) is 0. The maximum absolute atomic E-state index is 14.9. The van der Waals surface area contributed by atoms with Crippen molar-refractivity contribution in [1.82, 2.24) is 5.32 Å². The first-order valence-electron chi connectivity index (χ1n) is 9.30. The summed E-state index contributed by atoms with van der Waals surface area (Å²) in [5.41, 5.74) is -1.96. The average Bonchev–Trinajstić information content (AvgIpc) is 2.60. The second kappa shape index (κ2) is 7.91. The Kier molecular flexibility index (Phi) is 5.86. The maximum atomic E-state index is 14.9. The lowest BCUT2D eigenvalue weighted by Crippen LogP contribution is -2.52.